The third-order valence-electron chi connectivity index (χ3n) is 3.07. The number of nitrogens with zero attached hydrogens (tertiary/aromatic N) is 3. The highest BCUT2D eigenvalue weighted by atomic mass is 35.5. The number of hydrogen-bond acceptors (Lipinski definition) is 4. The smallest absolute Gasteiger partial charge is 0.160 e. The van der Waals surface area contributed by atoms with Crippen molar-refractivity contribution < 1.29 is 4.79 Å². The lowest BCUT2D eigenvalue weighted by atomic mass is 9.94. The van der Waals surface area contributed by atoms with Crippen LogP contribution in [-0.2, 0) is 4.79 Å². The van der Waals surface area contributed by atoms with Crippen LogP contribution in [-0.4, -0.2) is 25.7 Å². The van der Waals surface area contributed by atoms with Crippen LogP contribution in [0.2, 0.25) is 5.02 Å². The lowest BCUT2D eigenvalue weighted by molar-refractivity contribution is -0.117. The molecule has 0 aliphatic carbocycles. The van der Waals surface area contributed by atoms with Gasteiger partial charge < -0.3 is 4.98 Å². The Bertz CT molecular complexity index is 783. The van der Waals surface area contributed by atoms with Crippen molar-refractivity contribution in [3.05, 3.63) is 53.2 Å². The molecule has 2 aromatic heterocycles. The van der Waals surface area contributed by atoms with Gasteiger partial charge in [0, 0.05) is 5.02 Å². The van der Waals surface area contributed by atoms with Crippen molar-refractivity contribution >= 4 is 28.5 Å². The molecule has 0 bridgehead atoms. The van der Waals surface area contributed by atoms with Crippen LogP contribution in [0.1, 0.15) is 24.2 Å². The first kappa shape index (κ1) is 12.7. The molecular formula is C14H11ClN4O. The van der Waals surface area contributed by atoms with Gasteiger partial charge in [-0.1, -0.05) is 29.8 Å². The molecule has 3 rings (SSSR count). The predicted molar refractivity (Wildman–Crippen MR) is 75.7 cm³/mol. The van der Waals surface area contributed by atoms with E-state index >= 15 is 0 Å². The minimum absolute atomic E-state index is 0.0584. The van der Waals surface area contributed by atoms with E-state index in [1.807, 2.05) is 18.2 Å². The fraction of sp³-hybridized carbons (Fsp3) is 0.143. The number of benzene rings is 1. The number of Topliss-reactive ketones (excluding diaryl/α,β-unsaturated/α-hetero) is 1. The number of H-pyrrole nitrogens is 1. The number of carbonyl (C=O) groups is 1. The molecule has 0 aliphatic rings. The maximum atomic E-state index is 12.0. The lowest BCUT2D eigenvalue weighted by Crippen LogP contribution is -2.14. The fourth-order valence-corrected chi connectivity index (χ4v) is 2.39. The van der Waals surface area contributed by atoms with Crippen LogP contribution >= 0.6 is 11.6 Å². The molecule has 0 saturated carbocycles. The molecular weight excluding hydrogens is 276 g/mol. The van der Waals surface area contributed by atoms with E-state index < -0.39 is 5.92 Å². The molecule has 2 heterocycles. The summed E-state index contributed by atoms with van der Waals surface area (Å²) in [6.07, 6.45) is 3.14. The highest BCUT2D eigenvalue weighted by Crippen LogP contribution is 2.29. The van der Waals surface area contributed by atoms with E-state index in [4.69, 9.17) is 11.6 Å². The number of imidazole rings is 1. The zero-order valence-corrected chi connectivity index (χ0v) is 11.4. The van der Waals surface area contributed by atoms with Gasteiger partial charge in [0.2, 0.25) is 0 Å². The quantitative estimate of drug-likeness (QED) is 0.803. The summed E-state index contributed by atoms with van der Waals surface area (Å²) in [5.74, 6) is -0.212. The molecule has 0 fully saturated rings. The van der Waals surface area contributed by atoms with Gasteiger partial charge in [0.15, 0.2) is 5.65 Å². The van der Waals surface area contributed by atoms with Crippen molar-refractivity contribution in [2.24, 2.45) is 0 Å². The first-order chi connectivity index (χ1) is 9.66. The van der Waals surface area contributed by atoms with Crippen molar-refractivity contribution in [1.29, 1.82) is 0 Å². The van der Waals surface area contributed by atoms with Gasteiger partial charge in [0.1, 0.15) is 23.0 Å². The number of ketones is 1. The molecule has 0 aliphatic heterocycles. The van der Waals surface area contributed by atoms with Gasteiger partial charge in [-0.15, -0.1) is 0 Å². The van der Waals surface area contributed by atoms with Crippen molar-refractivity contribution in [3.63, 3.8) is 0 Å². The van der Waals surface area contributed by atoms with E-state index in [1.165, 1.54) is 6.92 Å². The average Bonchev–Trinajstić information content (AvgIpc) is 2.88. The first-order valence-electron chi connectivity index (χ1n) is 6.07. The summed E-state index contributed by atoms with van der Waals surface area (Å²) in [6.45, 7) is 1.51. The molecule has 6 heteroatoms. The van der Waals surface area contributed by atoms with E-state index in [-0.39, 0.29) is 5.78 Å². The van der Waals surface area contributed by atoms with Crippen LogP contribution < -0.4 is 0 Å². The lowest BCUT2D eigenvalue weighted by Gasteiger charge is -2.14. The molecule has 0 spiro atoms. The minimum Gasteiger partial charge on any atom is -0.329 e. The van der Waals surface area contributed by atoms with Crippen LogP contribution in [0.5, 0.6) is 0 Å². The third-order valence-corrected chi connectivity index (χ3v) is 3.42. The van der Waals surface area contributed by atoms with Crippen LogP contribution in [0.4, 0.5) is 0 Å². The number of nitrogens with one attached hydrogen (secondary N) is 1. The van der Waals surface area contributed by atoms with Gasteiger partial charge in [0.05, 0.1) is 12.5 Å². The van der Waals surface area contributed by atoms with Gasteiger partial charge >= 0.3 is 0 Å². The molecule has 1 unspecified atom stereocenters. The van der Waals surface area contributed by atoms with Crippen molar-refractivity contribution in [2.45, 2.75) is 12.8 Å². The maximum absolute atomic E-state index is 12.0. The van der Waals surface area contributed by atoms with E-state index in [1.54, 1.807) is 18.6 Å². The van der Waals surface area contributed by atoms with Crippen molar-refractivity contribution in [3.8, 4) is 0 Å². The maximum Gasteiger partial charge on any atom is 0.160 e. The Hall–Kier alpha value is -2.27. The van der Waals surface area contributed by atoms with Crippen molar-refractivity contribution in [2.75, 3.05) is 0 Å². The van der Waals surface area contributed by atoms with Gasteiger partial charge in [-0.3, -0.25) is 4.79 Å². The molecule has 0 amide bonds. The Kier molecular flexibility index (Phi) is 3.20. The van der Waals surface area contributed by atoms with Gasteiger partial charge in [-0.05, 0) is 18.6 Å². The Morgan fingerprint density at radius 1 is 1.30 bits per heavy atom. The number of aromatic nitrogens is 4. The molecule has 1 atom stereocenters. The van der Waals surface area contributed by atoms with Crippen LogP contribution in [0, 0.1) is 0 Å². The highest BCUT2D eigenvalue weighted by Gasteiger charge is 2.24. The summed E-state index contributed by atoms with van der Waals surface area (Å²) in [4.78, 5) is 27.6. The average molecular weight is 287 g/mol. The second kappa shape index (κ2) is 5.02. The number of aromatic amines is 1. The SMILES string of the molecule is CC(=O)C(c1ncc2nc[nH]c2n1)c1ccccc1Cl. The molecule has 0 radical (unpaired) electrons. The van der Waals surface area contributed by atoms with Gasteiger partial charge in [0.25, 0.3) is 0 Å². The van der Waals surface area contributed by atoms with Crippen LogP contribution in [0.25, 0.3) is 11.2 Å². The summed E-state index contributed by atoms with van der Waals surface area (Å²) in [5, 5.41) is 0.529. The molecule has 5 nitrogen and oxygen atoms in total. The summed E-state index contributed by atoms with van der Waals surface area (Å²) in [5.41, 5.74) is 1.98. The van der Waals surface area contributed by atoms with Crippen molar-refractivity contribution in [1.82, 2.24) is 19.9 Å². The van der Waals surface area contributed by atoms with Gasteiger partial charge in [-0.25, -0.2) is 15.0 Å². The number of rotatable bonds is 3. The Balaban J connectivity index is 2.15. The summed E-state index contributed by atoms with van der Waals surface area (Å²) < 4.78 is 0. The summed E-state index contributed by atoms with van der Waals surface area (Å²) >= 11 is 6.18. The monoisotopic (exact) mass is 286 g/mol. The zero-order chi connectivity index (χ0) is 14.1. The number of carbonyl (C=O) groups excluding carboxylic acids is 1. The second-order valence-electron chi connectivity index (χ2n) is 4.43. The molecule has 20 heavy (non-hydrogen) atoms. The fourth-order valence-electron chi connectivity index (χ4n) is 2.14. The predicted octanol–water partition coefficient (Wildman–Crippen LogP) is 2.73. The van der Waals surface area contributed by atoms with Gasteiger partial charge in [-0.2, -0.15) is 0 Å². The third kappa shape index (κ3) is 2.16. The van der Waals surface area contributed by atoms with E-state index in [0.717, 1.165) is 0 Å². The highest BCUT2D eigenvalue weighted by molar-refractivity contribution is 6.31. The Labute approximate surface area is 120 Å². The topological polar surface area (TPSA) is 71.5 Å². The number of halogens is 1. The molecule has 1 aromatic carbocycles. The minimum atomic E-state index is -0.573. The second-order valence-corrected chi connectivity index (χ2v) is 4.84. The number of hydrogen-bond donors (Lipinski definition) is 1. The largest absolute Gasteiger partial charge is 0.329 e. The normalized spacial score (nSPS) is 12.5. The Morgan fingerprint density at radius 2 is 2.10 bits per heavy atom. The zero-order valence-electron chi connectivity index (χ0n) is 10.7. The van der Waals surface area contributed by atoms with E-state index in [0.29, 0.717) is 27.6 Å². The van der Waals surface area contributed by atoms with E-state index in [9.17, 15) is 4.79 Å². The Morgan fingerprint density at radius 3 is 2.85 bits per heavy atom. The summed E-state index contributed by atoms with van der Waals surface area (Å²) in [6, 6.07) is 7.23. The van der Waals surface area contributed by atoms with Crippen LogP contribution in [0.3, 0.4) is 0 Å². The molecule has 0 saturated heterocycles. The summed E-state index contributed by atoms with van der Waals surface area (Å²) in [7, 11) is 0. The number of fused-ring (bicyclic) bond motifs is 1. The standard InChI is InChI=1S/C14H11ClN4O/c1-8(20)12(9-4-2-3-5-10(9)15)14-16-6-11-13(19-14)18-7-17-11/h2-7,12H,1H3,(H,16,17,18,19). The molecule has 100 valence electrons. The first-order valence-corrected chi connectivity index (χ1v) is 6.45. The molecule has 3 aromatic rings. The van der Waals surface area contributed by atoms with Crippen LogP contribution in [0.15, 0.2) is 36.8 Å². The molecule has 1 N–H and O–H groups in total. The van der Waals surface area contributed by atoms with E-state index in [2.05, 4.69) is 19.9 Å².